The van der Waals surface area contributed by atoms with E-state index in [1.54, 1.807) is 6.26 Å². The van der Waals surface area contributed by atoms with Gasteiger partial charge in [-0.25, -0.2) is 0 Å². The van der Waals surface area contributed by atoms with Gasteiger partial charge in [0.2, 0.25) is 0 Å². The molecule has 282 valence electrons. The average Bonchev–Trinajstić information content (AvgIpc) is 4.01. The van der Waals surface area contributed by atoms with Gasteiger partial charge in [0.15, 0.2) is 0 Å². The lowest BCUT2D eigenvalue weighted by Gasteiger charge is -2.35. The summed E-state index contributed by atoms with van der Waals surface area (Å²) in [6.07, 6.45) is 1.80. The predicted molar refractivity (Wildman–Crippen MR) is 246 cm³/mol. The van der Waals surface area contributed by atoms with Gasteiger partial charge >= 0.3 is 0 Å². The minimum absolute atomic E-state index is 0.479. The van der Waals surface area contributed by atoms with E-state index in [0.29, 0.717) is 0 Å². The third kappa shape index (κ3) is 4.76. The van der Waals surface area contributed by atoms with Crippen molar-refractivity contribution in [1.82, 2.24) is 0 Å². The SMILES string of the molecule is c1ccc(C2(c3ccccc3)c3ccccc3-c3cc(N(c4ccc5c(c4)C(c4ccccc4)(c4ccccc4)c4ccccc4-5)c4cccc5occc45)ccc32)cc1. The minimum atomic E-state index is -0.528. The molecule has 0 spiro atoms. The molecule has 0 fully saturated rings. The van der Waals surface area contributed by atoms with Crippen LogP contribution in [0.25, 0.3) is 33.2 Å². The van der Waals surface area contributed by atoms with Gasteiger partial charge in [0, 0.05) is 16.8 Å². The summed E-state index contributed by atoms with van der Waals surface area (Å²) >= 11 is 0. The molecule has 12 rings (SSSR count). The number of furan rings is 1. The highest BCUT2D eigenvalue weighted by molar-refractivity contribution is 5.99. The Balaban J connectivity index is 1.14. The minimum Gasteiger partial charge on any atom is -0.464 e. The van der Waals surface area contributed by atoms with Crippen molar-refractivity contribution in [2.75, 3.05) is 4.90 Å². The Morgan fingerprint density at radius 3 is 1.35 bits per heavy atom. The van der Waals surface area contributed by atoms with Crippen molar-refractivity contribution < 1.29 is 4.42 Å². The predicted octanol–water partition coefficient (Wildman–Crippen LogP) is 14.6. The first-order valence-electron chi connectivity index (χ1n) is 20.8. The maximum absolute atomic E-state index is 6.06. The highest BCUT2D eigenvalue weighted by Gasteiger charge is 2.48. The van der Waals surface area contributed by atoms with E-state index in [1.807, 2.05) is 0 Å². The number of fused-ring (bicyclic) bond motifs is 7. The van der Waals surface area contributed by atoms with Crippen molar-refractivity contribution in [3.63, 3.8) is 0 Å². The summed E-state index contributed by atoms with van der Waals surface area (Å²) < 4.78 is 6.06. The van der Waals surface area contributed by atoms with Gasteiger partial charge in [0.1, 0.15) is 5.58 Å². The zero-order valence-electron chi connectivity index (χ0n) is 32.9. The third-order valence-corrected chi connectivity index (χ3v) is 13.1. The van der Waals surface area contributed by atoms with Gasteiger partial charge in [0.25, 0.3) is 0 Å². The molecule has 0 atom stereocenters. The van der Waals surface area contributed by atoms with E-state index in [2.05, 4.69) is 235 Å². The van der Waals surface area contributed by atoms with E-state index in [4.69, 9.17) is 4.42 Å². The summed E-state index contributed by atoms with van der Waals surface area (Å²) in [6, 6.07) is 84.8. The monoisotopic (exact) mass is 765 g/mol. The van der Waals surface area contributed by atoms with Crippen LogP contribution in [0.3, 0.4) is 0 Å². The molecule has 60 heavy (non-hydrogen) atoms. The van der Waals surface area contributed by atoms with Crippen molar-refractivity contribution in [3.8, 4) is 22.3 Å². The highest BCUT2D eigenvalue weighted by Crippen LogP contribution is 2.59. The first-order valence-corrected chi connectivity index (χ1v) is 20.8. The largest absolute Gasteiger partial charge is 0.464 e. The number of hydrogen-bond donors (Lipinski definition) is 0. The number of benzene rings is 9. The Morgan fingerprint density at radius 1 is 0.317 bits per heavy atom. The van der Waals surface area contributed by atoms with E-state index in [9.17, 15) is 0 Å². The van der Waals surface area contributed by atoms with Crippen LogP contribution in [-0.2, 0) is 10.8 Å². The second-order valence-electron chi connectivity index (χ2n) is 16.0. The summed E-state index contributed by atoms with van der Waals surface area (Å²) in [4.78, 5) is 2.44. The van der Waals surface area contributed by atoms with Crippen LogP contribution in [0, 0.1) is 0 Å². The van der Waals surface area contributed by atoms with E-state index in [-0.39, 0.29) is 0 Å². The molecule has 1 heterocycles. The van der Waals surface area contributed by atoms with Crippen molar-refractivity contribution in [3.05, 3.63) is 281 Å². The maximum Gasteiger partial charge on any atom is 0.135 e. The second-order valence-corrected chi connectivity index (χ2v) is 16.0. The molecule has 0 N–H and O–H groups in total. The first kappa shape index (κ1) is 34.4. The zero-order chi connectivity index (χ0) is 39.7. The quantitative estimate of drug-likeness (QED) is 0.161. The topological polar surface area (TPSA) is 16.4 Å². The lowest BCUT2D eigenvalue weighted by Crippen LogP contribution is -2.29. The Labute approximate surface area is 350 Å². The fourth-order valence-electron chi connectivity index (χ4n) is 10.7. The van der Waals surface area contributed by atoms with E-state index in [1.165, 1.54) is 66.8 Å². The van der Waals surface area contributed by atoms with Gasteiger partial charge in [-0.1, -0.05) is 188 Å². The van der Waals surface area contributed by atoms with Crippen molar-refractivity contribution in [1.29, 1.82) is 0 Å². The van der Waals surface area contributed by atoms with Crippen molar-refractivity contribution in [2.24, 2.45) is 0 Å². The van der Waals surface area contributed by atoms with Gasteiger partial charge < -0.3 is 9.32 Å². The zero-order valence-corrected chi connectivity index (χ0v) is 32.9. The third-order valence-electron chi connectivity index (χ3n) is 13.1. The molecule has 2 aliphatic carbocycles. The summed E-state index contributed by atoms with van der Waals surface area (Å²) in [7, 11) is 0. The van der Waals surface area contributed by atoms with E-state index < -0.39 is 10.8 Å². The first-order chi connectivity index (χ1) is 29.8. The molecule has 2 heteroatoms. The fraction of sp³-hybridized carbons (Fsp3) is 0.0345. The van der Waals surface area contributed by atoms with Crippen molar-refractivity contribution in [2.45, 2.75) is 10.8 Å². The average molecular weight is 766 g/mol. The molecule has 0 saturated heterocycles. The van der Waals surface area contributed by atoms with Crippen LogP contribution in [0.1, 0.15) is 44.5 Å². The van der Waals surface area contributed by atoms with Gasteiger partial charge in [-0.3, -0.25) is 0 Å². The van der Waals surface area contributed by atoms with Gasteiger partial charge in [-0.2, -0.15) is 0 Å². The molecule has 2 nitrogen and oxygen atoms in total. The molecule has 0 amide bonds. The van der Waals surface area contributed by atoms with E-state index in [0.717, 1.165) is 28.0 Å². The standard InChI is InChI=1S/C58H39NO/c1-5-18-40(19-6-1)57(41-20-7-2-8-21-41)52-29-16-14-27-47(52)50-38-44(33-35-53(50)57)59(55-30-17-31-56-49(55)36-37-60-56)45-32-34-48-46-26-13-15-28-51(46)58(54(48)39-45,42-22-9-3-10-23-42)43-24-11-4-12-25-43/h1-39H. The molecule has 0 aliphatic heterocycles. The number of anilines is 3. The summed E-state index contributed by atoms with van der Waals surface area (Å²) in [5.41, 5.74) is 18.2. The van der Waals surface area contributed by atoms with Crippen LogP contribution in [0.5, 0.6) is 0 Å². The van der Waals surface area contributed by atoms with Crippen molar-refractivity contribution >= 4 is 28.0 Å². The number of hydrogen-bond acceptors (Lipinski definition) is 2. The molecule has 10 aromatic rings. The van der Waals surface area contributed by atoms with Crippen LogP contribution < -0.4 is 4.90 Å². The van der Waals surface area contributed by atoms with Crippen LogP contribution in [0.15, 0.2) is 241 Å². The van der Waals surface area contributed by atoms with Crippen LogP contribution in [0.4, 0.5) is 17.1 Å². The number of rotatable bonds is 7. The molecule has 0 saturated carbocycles. The molecule has 1 aromatic heterocycles. The molecular formula is C58H39NO. The lowest BCUT2D eigenvalue weighted by molar-refractivity contribution is 0.616. The van der Waals surface area contributed by atoms with Gasteiger partial charge in [-0.15, -0.1) is 0 Å². The Kier molecular flexibility index (Phi) is 7.70. The summed E-state index contributed by atoms with van der Waals surface area (Å²) in [6.45, 7) is 0. The normalized spacial score (nSPS) is 13.9. The Hall–Kier alpha value is -7.68. The second kappa shape index (κ2) is 13.4. The molecule has 2 aliphatic rings. The Bertz CT molecular complexity index is 3120. The Morgan fingerprint density at radius 2 is 0.767 bits per heavy atom. The maximum atomic E-state index is 6.06. The molecule has 9 aromatic carbocycles. The molecule has 0 bridgehead atoms. The summed E-state index contributed by atoms with van der Waals surface area (Å²) in [5.74, 6) is 0. The van der Waals surface area contributed by atoms with E-state index >= 15 is 0 Å². The van der Waals surface area contributed by atoms with Crippen LogP contribution in [0.2, 0.25) is 0 Å². The highest BCUT2D eigenvalue weighted by atomic mass is 16.3. The van der Waals surface area contributed by atoms with Gasteiger partial charge in [0.05, 0.1) is 22.8 Å². The summed E-state index contributed by atoms with van der Waals surface area (Å²) in [5, 5.41) is 1.06. The number of nitrogens with zero attached hydrogens (tertiary/aromatic N) is 1. The smallest absolute Gasteiger partial charge is 0.135 e. The molecule has 0 unspecified atom stereocenters. The van der Waals surface area contributed by atoms with Crippen LogP contribution in [-0.4, -0.2) is 0 Å². The molecular weight excluding hydrogens is 727 g/mol. The lowest BCUT2D eigenvalue weighted by atomic mass is 9.67. The fourth-order valence-corrected chi connectivity index (χ4v) is 10.7. The molecule has 0 radical (unpaired) electrons. The van der Waals surface area contributed by atoms with Gasteiger partial charge in [-0.05, 0) is 109 Å². The van der Waals surface area contributed by atoms with Crippen LogP contribution >= 0.6 is 0 Å².